The first-order valence-corrected chi connectivity index (χ1v) is 3.03. The molecule has 0 aliphatic rings. The van der Waals surface area contributed by atoms with Gasteiger partial charge in [-0.3, -0.25) is 0 Å². The summed E-state index contributed by atoms with van der Waals surface area (Å²) in [5, 5.41) is 10.4. The Kier molecular flexibility index (Phi) is 3.02. The molecule has 2 heteroatoms. The number of nitrogens with zero attached hydrogens (tertiary/aromatic N) is 1. The van der Waals surface area contributed by atoms with E-state index in [9.17, 15) is 0 Å². The molecule has 0 heterocycles. The predicted molar refractivity (Wildman–Crippen MR) is 33.9 cm³/mol. The summed E-state index contributed by atoms with van der Waals surface area (Å²) in [6, 6.07) is 0.463. The molecule has 0 aromatic carbocycles. The van der Waals surface area contributed by atoms with E-state index in [2.05, 4.69) is 0 Å². The predicted octanol–water partition coefficient (Wildman–Crippen LogP) is 1.49. The van der Waals surface area contributed by atoms with Gasteiger partial charge in [-0.2, -0.15) is 5.06 Å². The molecule has 0 rings (SSSR count). The number of hydroxylamine groups is 2. The fourth-order valence-corrected chi connectivity index (χ4v) is 0.596. The van der Waals surface area contributed by atoms with Gasteiger partial charge in [0, 0.05) is 12.1 Å². The molecule has 0 saturated heterocycles. The zero-order chi connectivity index (χ0) is 6.73. The van der Waals surface area contributed by atoms with Crippen molar-refractivity contribution in [2.75, 3.05) is 0 Å². The lowest BCUT2D eigenvalue weighted by Gasteiger charge is -2.22. The minimum Gasteiger partial charge on any atom is -0.313 e. The maximum absolute atomic E-state index is 9.04. The maximum atomic E-state index is 9.04. The fourth-order valence-electron chi connectivity index (χ4n) is 0.596. The Bertz CT molecular complexity index is 53.5. The SMILES string of the molecule is CC(C)N(O)C(C)C. The minimum atomic E-state index is 0.231. The van der Waals surface area contributed by atoms with Crippen molar-refractivity contribution < 1.29 is 5.21 Å². The molecule has 0 saturated carbocycles. The molecule has 0 aliphatic heterocycles. The molecule has 0 amide bonds. The number of hydrogen-bond donors (Lipinski definition) is 1. The molecule has 8 heavy (non-hydrogen) atoms. The second-order valence-corrected chi connectivity index (χ2v) is 2.57. The molecule has 1 N–H and O–H groups in total. The monoisotopic (exact) mass is 117 g/mol. The van der Waals surface area contributed by atoms with E-state index in [1.54, 1.807) is 0 Å². The summed E-state index contributed by atoms with van der Waals surface area (Å²) >= 11 is 0. The maximum Gasteiger partial charge on any atom is 0.0296 e. The topological polar surface area (TPSA) is 23.5 Å². The van der Waals surface area contributed by atoms with Crippen LogP contribution in [0.3, 0.4) is 0 Å². The quantitative estimate of drug-likeness (QED) is 0.554. The molecule has 0 aromatic rings. The molecular weight excluding hydrogens is 102 g/mol. The zero-order valence-corrected chi connectivity index (χ0v) is 6.05. The first kappa shape index (κ1) is 7.92. The molecule has 0 unspecified atom stereocenters. The Labute approximate surface area is 51.1 Å². The van der Waals surface area contributed by atoms with E-state index in [0.717, 1.165) is 0 Å². The third-order valence-electron chi connectivity index (χ3n) is 1.06. The van der Waals surface area contributed by atoms with E-state index in [-0.39, 0.29) is 12.1 Å². The van der Waals surface area contributed by atoms with E-state index in [4.69, 9.17) is 5.21 Å². The van der Waals surface area contributed by atoms with Crippen LogP contribution in [0.1, 0.15) is 27.7 Å². The van der Waals surface area contributed by atoms with Gasteiger partial charge in [0.15, 0.2) is 0 Å². The van der Waals surface area contributed by atoms with Crippen molar-refractivity contribution in [2.24, 2.45) is 0 Å². The van der Waals surface area contributed by atoms with Gasteiger partial charge in [-0.1, -0.05) is 0 Å². The molecule has 50 valence electrons. The molecule has 2 nitrogen and oxygen atoms in total. The van der Waals surface area contributed by atoms with Gasteiger partial charge in [0.25, 0.3) is 0 Å². The first-order valence-electron chi connectivity index (χ1n) is 3.03. The Morgan fingerprint density at radius 3 is 1.25 bits per heavy atom. The van der Waals surface area contributed by atoms with Crippen LogP contribution in [0.4, 0.5) is 0 Å². The highest BCUT2D eigenvalue weighted by molar-refractivity contribution is 4.54. The van der Waals surface area contributed by atoms with Gasteiger partial charge in [-0.25, -0.2) is 0 Å². The van der Waals surface area contributed by atoms with Crippen molar-refractivity contribution >= 4 is 0 Å². The van der Waals surface area contributed by atoms with Crippen molar-refractivity contribution in [1.82, 2.24) is 5.06 Å². The highest BCUT2D eigenvalue weighted by Gasteiger charge is 2.07. The zero-order valence-electron chi connectivity index (χ0n) is 6.05. The van der Waals surface area contributed by atoms with Crippen LogP contribution in [0.25, 0.3) is 0 Å². The second kappa shape index (κ2) is 3.05. The van der Waals surface area contributed by atoms with Crippen LogP contribution in [0.2, 0.25) is 0 Å². The lowest BCUT2D eigenvalue weighted by Crippen LogP contribution is -2.33. The minimum absolute atomic E-state index is 0.231. The van der Waals surface area contributed by atoms with Crippen LogP contribution in [-0.2, 0) is 0 Å². The van der Waals surface area contributed by atoms with Crippen LogP contribution in [-0.4, -0.2) is 22.4 Å². The van der Waals surface area contributed by atoms with E-state index in [1.807, 2.05) is 27.7 Å². The van der Waals surface area contributed by atoms with Gasteiger partial charge in [0.1, 0.15) is 0 Å². The summed E-state index contributed by atoms with van der Waals surface area (Å²) in [6.07, 6.45) is 0. The summed E-state index contributed by atoms with van der Waals surface area (Å²) in [5.74, 6) is 0. The van der Waals surface area contributed by atoms with Crippen molar-refractivity contribution in [3.05, 3.63) is 0 Å². The number of hydrogen-bond acceptors (Lipinski definition) is 2. The normalized spacial score (nSPS) is 12.0. The van der Waals surface area contributed by atoms with Gasteiger partial charge in [-0.15, -0.1) is 0 Å². The van der Waals surface area contributed by atoms with Gasteiger partial charge in [-0.05, 0) is 27.7 Å². The molecule has 0 radical (unpaired) electrons. The van der Waals surface area contributed by atoms with Crippen LogP contribution in [0.15, 0.2) is 0 Å². The molecule has 0 atom stereocenters. The van der Waals surface area contributed by atoms with Crippen LogP contribution < -0.4 is 0 Å². The Morgan fingerprint density at radius 1 is 1.00 bits per heavy atom. The highest BCUT2D eigenvalue weighted by Crippen LogP contribution is 1.98. The molecule has 0 aromatic heterocycles. The second-order valence-electron chi connectivity index (χ2n) is 2.57. The van der Waals surface area contributed by atoms with E-state index >= 15 is 0 Å². The van der Waals surface area contributed by atoms with Crippen LogP contribution >= 0.6 is 0 Å². The highest BCUT2D eigenvalue weighted by atomic mass is 16.5. The summed E-state index contributed by atoms with van der Waals surface area (Å²) in [6.45, 7) is 7.83. The van der Waals surface area contributed by atoms with Gasteiger partial charge in [0.05, 0.1) is 0 Å². The van der Waals surface area contributed by atoms with E-state index in [1.165, 1.54) is 5.06 Å². The Hall–Kier alpha value is -0.0800. The molecule has 0 bridgehead atoms. The van der Waals surface area contributed by atoms with Crippen molar-refractivity contribution in [3.63, 3.8) is 0 Å². The van der Waals surface area contributed by atoms with Crippen LogP contribution in [0, 0.1) is 0 Å². The summed E-state index contributed by atoms with van der Waals surface area (Å²) in [5.41, 5.74) is 0. The van der Waals surface area contributed by atoms with E-state index in [0.29, 0.717) is 0 Å². The summed E-state index contributed by atoms with van der Waals surface area (Å²) in [4.78, 5) is 0. The molecule has 0 fully saturated rings. The Balaban J connectivity index is 3.46. The first-order chi connectivity index (χ1) is 3.55. The van der Waals surface area contributed by atoms with Crippen molar-refractivity contribution in [3.8, 4) is 0 Å². The van der Waals surface area contributed by atoms with Crippen LogP contribution in [0.5, 0.6) is 0 Å². The third kappa shape index (κ3) is 2.28. The fraction of sp³-hybridized carbons (Fsp3) is 1.00. The van der Waals surface area contributed by atoms with Gasteiger partial charge in [0.2, 0.25) is 0 Å². The van der Waals surface area contributed by atoms with Crippen molar-refractivity contribution in [1.29, 1.82) is 0 Å². The third-order valence-corrected chi connectivity index (χ3v) is 1.06. The summed E-state index contributed by atoms with van der Waals surface area (Å²) < 4.78 is 0. The average molecular weight is 117 g/mol. The largest absolute Gasteiger partial charge is 0.313 e. The smallest absolute Gasteiger partial charge is 0.0296 e. The Morgan fingerprint density at radius 2 is 1.25 bits per heavy atom. The van der Waals surface area contributed by atoms with Gasteiger partial charge >= 0.3 is 0 Å². The molecular formula is C6H15NO. The van der Waals surface area contributed by atoms with Gasteiger partial charge < -0.3 is 5.21 Å². The summed E-state index contributed by atoms with van der Waals surface area (Å²) in [7, 11) is 0. The lowest BCUT2D eigenvalue weighted by molar-refractivity contribution is -0.141. The van der Waals surface area contributed by atoms with Crippen molar-refractivity contribution in [2.45, 2.75) is 39.8 Å². The van der Waals surface area contributed by atoms with E-state index < -0.39 is 0 Å². The lowest BCUT2D eigenvalue weighted by atomic mass is 10.3. The molecule has 0 spiro atoms. The standard InChI is InChI=1S/C6H15NO/c1-5(2)7(8)6(3)4/h5-6,8H,1-4H3. The number of rotatable bonds is 2. The molecule has 0 aliphatic carbocycles. The average Bonchev–Trinajstić information content (AvgIpc) is 1.64.